The molecule has 0 unspecified atom stereocenters. The highest BCUT2D eigenvalue weighted by molar-refractivity contribution is 7.21. The van der Waals surface area contributed by atoms with Gasteiger partial charge in [-0.3, -0.25) is 14.2 Å². The van der Waals surface area contributed by atoms with Crippen LogP contribution in [-0.4, -0.2) is 50.4 Å². The lowest BCUT2D eigenvalue weighted by Crippen LogP contribution is -2.44. The van der Waals surface area contributed by atoms with Crippen LogP contribution in [0.1, 0.15) is 23.6 Å². The summed E-state index contributed by atoms with van der Waals surface area (Å²) in [4.78, 5) is 42.2. The van der Waals surface area contributed by atoms with Crippen LogP contribution in [0.3, 0.4) is 0 Å². The number of carbonyl (C=O) groups is 1. The Morgan fingerprint density at radius 1 is 1.26 bits per heavy atom. The van der Waals surface area contributed by atoms with Gasteiger partial charge in [0, 0.05) is 38.1 Å². The molecule has 0 saturated carbocycles. The predicted molar refractivity (Wildman–Crippen MR) is 130 cm³/mol. The second-order valence-electron chi connectivity index (χ2n) is 8.54. The second-order valence-corrected chi connectivity index (χ2v) is 9.52. The molecule has 1 saturated heterocycles. The Kier molecular flexibility index (Phi) is 5.79. The third-order valence-electron chi connectivity index (χ3n) is 6.49. The van der Waals surface area contributed by atoms with Crippen LogP contribution >= 0.6 is 11.3 Å². The molecule has 1 aliphatic rings. The maximum atomic E-state index is 13.9. The van der Waals surface area contributed by atoms with Crippen LogP contribution in [-0.2, 0) is 17.8 Å². The summed E-state index contributed by atoms with van der Waals surface area (Å²) in [5.74, 6) is -0.158. The zero-order valence-electron chi connectivity index (χ0n) is 19.5. The summed E-state index contributed by atoms with van der Waals surface area (Å²) >= 11 is 1.29. The molecule has 9 nitrogen and oxygen atoms in total. The summed E-state index contributed by atoms with van der Waals surface area (Å²) < 4.78 is 23.6. The van der Waals surface area contributed by atoms with Gasteiger partial charge in [-0.05, 0) is 49.6 Å². The number of aromatic nitrogens is 4. The van der Waals surface area contributed by atoms with Crippen molar-refractivity contribution >= 4 is 27.5 Å². The Morgan fingerprint density at radius 3 is 2.71 bits per heavy atom. The average Bonchev–Trinajstić information content (AvgIpc) is 3.55. The first-order chi connectivity index (χ1) is 16.8. The Hall–Kier alpha value is -3.73. The minimum atomic E-state index is -0.855. The normalized spacial score (nSPS) is 15.9. The summed E-state index contributed by atoms with van der Waals surface area (Å²) in [7, 11) is 3.16. The lowest BCUT2D eigenvalue weighted by molar-refractivity contribution is -0.129. The number of hydrogen-bond donors (Lipinski definition) is 0. The van der Waals surface area contributed by atoms with Crippen molar-refractivity contribution in [3.05, 3.63) is 74.4 Å². The van der Waals surface area contributed by atoms with Gasteiger partial charge >= 0.3 is 5.69 Å². The van der Waals surface area contributed by atoms with E-state index < -0.39 is 23.1 Å². The van der Waals surface area contributed by atoms with E-state index in [1.54, 1.807) is 36.3 Å². The summed E-state index contributed by atoms with van der Waals surface area (Å²) in [5, 5.41) is 5.38. The fraction of sp³-hybridized carbons (Fsp3) is 0.333. The predicted octanol–water partition coefficient (Wildman–Crippen LogP) is 2.51. The first-order valence-corrected chi connectivity index (χ1v) is 12.0. The van der Waals surface area contributed by atoms with Gasteiger partial charge in [0.25, 0.3) is 5.56 Å². The summed E-state index contributed by atoms with van der Waals surface area (Å²) in [6, 6.07) is 5.16. The van der Waals surface area contributed by atoms with E-state index in [4.69, 9.17) is 4.74 Å². The van der Waals surface area contributed by atoms with Gasteiger partial charge in [0.1, 0.15) is 27.4 Å². The van der Waals surface area contributed by atoms with Crippen LogP contribution in [0.15, 0.2) is 46.2 Å². The number of nitrogens with zero attached hydrogens (tertiary/aromatic N) is 5. The number of ether oxygens (including phenoxy) is 1. The lowest BCUT2D eigenvalue weighted by Gasteiger charge is -2.17. The Morgan fingerprint density at radius 2 is 2.06 bits per heavy atom. The molecule has 1 amide bonds. The Labute approximate surface area is 203 Å². The Balaban J connectivity index is 1.72. The van der Waals surface area contributed by atoms with Crippen LogP contribution in [0, 0.1) is 12.7 Å². The number of aryl methyl sites for hydroxylation is 3. The lowest BCUT2D eigenvalue weighted by atomic mass is 10.1. The zero-order chi connectivity index (χ0) is 24.9. The molecule has 4 heterocycles. The van der Waals surface area contributed by atoms with E-state index in [1.807, 2.05) is 6.92 Å². The molecular weight excluding hydrogens is 473 g/mol. The second kappa shape index (κ2) is 8.81. The van der Waals surface area contributed by atoms with Crippen molar-refractivity contribution < 1.29 is 13.9 Å². The zero-order valence-corrected chi connectivity index (χ0v) is 20.3. The number of halogens is 1. The van der Waals surface area contributed by atoms with E-state index in [2.05, 4.69) is 5.10 Å². The molecule has 1 atom stereocenters. The van der Waals surface area contributed by atoms with E-state index >= 15 is 0 Å². The number of carbonyl (C=O) groups excluding carboxylic acids is 1. The number of rotatable bonds is 6. The van der Waals surface area contributed by atoms with Gasteiger partial charge in [-0.2, -0.15) is 5.10 Å². The maximum absolute atomic E-state index is 13.9. The third-order valence-corrected chi connectivity index (χ3v) is 7.79. The number of methoxy groups -OCH3 is 1. The topological polar surface area (TPSA) is 91.4 Å². The molecule has 1 aliphatic heterocycles. The molecular formula is C24H24FN5O4S. The monoisotopic (exact) mass is 497 g/mol. The van der Waals surface area contributed by atoms with Gasteiger partial charge in [0.05, 0.1) is 12.5 Å². The highest BCUT2D eigenvalue weighted by Gasteiger charge is 2.34. The van der Waals surface area contributed by atoms with Crippen molar-refractivity contribution in [2.24, 2.45) is 0 Å². The minimum absolute atomic E-state index is 0.171. The third kappa shape index (κ3) is 3.75. The highest BCUT2D eigenvalue weighted by Crippen LogP contribution is 2.32. The number of likely N-dealkylation sites (N-methyl/N-ethyl adjacent to an activating group) is 1. The fourth-order valence-corrected chi connectivity index (χ4v) is 5.91. The molecule has 0 bridgehead atoms. The number of fused-ring (bicyclic) bond motifs is 1. The van der Waals surface area contributed by atoms with Gasteiger partial charge in [-0.1, -0.05) is 11.3 Å². The van der Waals surface area contributed by atoms with Crippen LogP contribution in [0.4, 0.5) is 4.39 Å². The molecule has 5 rings (SSSR count). The first kappa shape index (κ1) is 23.0. The molecule has 0 N–H and O–H groups in total. The SMILES string of the molecule is COc1ccc(F)cc1CCn1c(=O)n([C@H]2CCN(C)C2=O)c(=O)c2c(C)c(-n3cccn3)sc21. The standard InChI is InChI=1S/C24H24FN5O4S/c1-14-19-21(32)30(17-8-11-27(2)20(17)31)24(33)28(23(19)35-22(14)29-10-4-9-26-29)12-7-15-13-16(25)5-6-18(15)34-3/h4-6,9-10,13,17H,7-8,11-12H2,1-3H3/t17-/m0/s1. The van der Waals surface area contributed by atoms with Crippen molar-refractivity contribution in [3.8, 4) is 10.8 Å². The van der Waals surface area contributed by atoms with Crippen molar-refractivity contribution in [3.63, 3.8) is 0 Å². The van der Waals surface area contributed by atoms with Gasteiger partial charge in [-0.25, -0.2) is 18.4 Å². The average molecular weight is 498 g/mol. The van der Waals surface area contributed by atoms with E-state index in [0.29, 0.717) is 51.5 Å². The molecule has 1 aromatic carbocycles. The van der Waals surface area contributed by atoms with Gasteiger partial charge in [-0.15, -0.1) is 0 Å². The van der Waals surface area contributed by atoms with E-state index in [9.17, 15) is 18.8 Å². The molecule has 0 radical (unpaired) electrons. The van der Waals surface area contributed by atoms with E-state index in [-0.39, 0.29) is 12.5 Å². The molecule has 3 aromatic heterocycles. The van der Waals surface area contributed by atoms with Gasteiger partial charge < -0.3 is 9.64 Å². The van der Waals surface area contributed by atoms with Crippen molar-refractivity contribution in [1.82, 2.24) is 23.8 Å². The summed E-state index contributed by atoms with van der Waals surface area (Å²) in [6.07, 6.45) is 4.08. The van der Waals surface area contributed by atoms with Crippen LogP contribution in [0.5, 0.6) is 5.75 Å². The summed E-state index contributed by atoms with van der Waals surface area (Å²) in [5.41, 5.74) is 0.246. The van der Waals surface area contributed by atoms with E-state index in [0.717, 1.165) is 4.57 Å². The molecule has 4 aromatic rings. The molecule has 11 heteroatoms. The smallest absolute Gasteiger partial charge is 0.332 e. The Bertz CT molecular complexity index is 1550. The molecule has 0 spiro atoms. The molecule has 182 valence electrons. The van der Waals surface area contributed by atoms with Crippen LogP contribution in [0.2, 0.25) is 0 Å². The van der Waals surface area contributed by atoms with Crippen LogP contribution in [0.25, 0.3) is 15.2 Å². The van der Waals surface area contributed by atoms with Crippen molar-refractivity contribution in [2.45, 2.75) is 32.4 Å². The number of likely N-dealkylation sites (tertiary alicyclic amines) is 1. The van der Waals surface area contributed by atoms with Crippen LogP contribution < -0.4 is 16.0 Å². The first-order valence-electron chi connectivity index (χ1n) is 11.2. The van der Waals surface area contributed by atoms with Crippen molar-refractivity contribution in [2.75, 3.05) is 20.7 Å². The number of benzene rings is 1. The van der Waals surface area contributed by atoms with Crippen molar-refractivity contribution in [1.29, 1.82) is 0 Å². The number of amides is 1. The van der Waals surface area contributed by atoms with Gasteiger partial charge in [0.15, 0.2) is 0 Å². The fourth-order valence-electron chi connectivity index (χ4n) is 4.65. The molecule has 1 fully saturated rings. The molecule has 35 heavy (non-hydrogen) atoms. The van der Waals surface area contributed by atoms with Gasteiger partial charge in [0.2, 0.25) is 5.91 Å². The number of hydrogen-bond acceptors (Lipinski definition) is 6. The highest BCUT2D eigenvalue weighted by atomic mass is 32.1. The van der Waals surface area contributed by atoms with E-state index in [1.165, 1.54) is 40.0 Å². The molecule has 0 aliphatic carbocycles. The number of thiophene rings is 1. The minimum Gasteiger partial charge on any atom is -0.496 e. The quantitative estimate of drug-likeness (QED) is 0.408. The maximum Gasteiger partial charge on any atom is 0.332 e. The summed E-state index contributed by atoms with van der Waals surface area (Å²) in [6.45, 7) is 2.45. The largest absolute Gasteiger partial charge is 0.496 e.